The number of nitrogens with zero attached hydrogens (tertiary/aromatic N) is 1. The number of carbonyl (C=O) groups is 2. The SMILES string of the molecule is CC(C)(O)C(c1ccccc1)N(C(=O)C1(C(N)=O)CCCCC1)C(c1ccccc1)C(C)(C)O. The first-order valence-corrected chi connectivity index (χ1v) is 12.1. The molecule has 184 valence electrons. The van der Waals surface area contributed by atoms with Crippen LogP contribution in [-0.4, -0.2) is 38.1 Å². The van der Waals surface area contributed by atoms with Gasteiger partial charge in [-0.25, -0.2) is 0 Å². The molecule has 0 spiro atoms. The molecule has 2 aromatic carbocycles. The molecule has 0 saturated heterocycles. The van der Waals surface area contributed by atoms with Gasteiger partial charge in [0.15, 0.2) is 0 Å². The van der Waals surface area contributed by atoms with Crippen LogP contribution in [-0.2, 0) is 9.59 Å². The number of primary amides is 1. The predicted octanol–water partition coefficient (Wildman–Crippen LogP) is 4.28. The Morgan fingerprint density at radius 1 is 0.794 bits per heavy atom. The van der Waals surface area contributed by atoms with Crippen LogP contribution in [0.15, 0.2) is 60.7 Å². The molecule has 2 aromatic rings. The third-order valence-electron chi connectivity index (χ3n) is 6.95. The lowest BCUT2D eigenvalue weighted by Crippen LogP contribution is -2.59. The maximum Gasteiger partial charge on any atom is 0.239 e. The molecule has 1 aliphatic carbocycles. The average Bonchev–Trinajstić information content (AvgIpc) is 2.78. The Balaban J connectivity index is 2.32. The van der Waals surface area contributed by atoms with Crippen molar-refractivity contribution in [2.45, 2.75) is 83.1 Å². The summed E-state index contributed by atoms with van der Waals surface area (Å²) in [7, 11) is 0. The zero-order valence-electron chi connectivity index (χ0n) is 20.7. The number of hydrogen-bond acceptors (Lipinski definition) is 4. The van der Waals surface area contributed by atoms with E-state index in [4.69, 9.17) is 5.73 Å². The first-order chi connectivity index (χ1) is 15.9. The lowest BCUT2D eigenvalue weighted by molar-refractivity contribution is -0.170. The molecule has 0 heterocycles. The highest BCUT2D eigenvalue weighted by atomic mass is 16.3. The van der Waals surface area contributed by atoms with Crippen LogP contribution < -0.4 is 5.73 Å². The van der Waals surface area contributed by atoms with Crippen molar-refractivity contribution < 1.29 is 19.8 Å². The van der Waals surface area contributed by atoms with Gasteiger partial charge in [-0.2, -0.15) is 0 Å². The molecule has 1 fully saturated rings. The van der Waals surface area contributed by atoms with Gasteiger partial charge in [-0.3, -0.25) is 9.59 Å². The van der Waals surface area contributed by atoms with Crippen molar-refractivity contribution in [3.05, 3.63) is 71.8 Å². The largest absolute Gasteiger partial charge is 0.388 e. The summed E-state index contributed by atoms with van der Waals surface area (Å²) in [5.74, 6) is -1.08. The normalized spacial score (nSPS) is 18.1. The monoisotopic (exact) mass is 466 g/mol. The van der Waals surface area contributed by atoms with Gasteiger partial charge in [0.05, 0.1) is 23.3 Å². The van der Waals surface area contributed by atoms with Crippen LogP contribution in [0.3, 0.4) is 0 Å². The quantitative estimate of drug-likeness (QED) is 0.505. The molecular formula is C28H38N2O4. The number of hydrogen-bond donors (Lipinski definition) is 3. The number of carbonyl (C=O) groups excluding carboxylic acids is 2. The fourth-order valence-corrected chi connectivity index (χ4v) is 5.44. The van der Waals surface area contributed by atoms with Gasteiger partial charge in [0, 0.05) is 0 Å². The van der Waals surface area contributed by atoms with Crippen LogP contribution in [0.25, 0.3) is 0 Å². The summed E-state index contributed by atoms with van der Waals surface area (Å²) in [5.41, 5.74) is 3.20. The van der Waals surface area contributed by atoms with E-state index in [2.05, 4.69) is 0 Å². The molecule has 6 heteroatoms. The molecule has 0 radical (unpaired) electrons. The van der Waals surface area contributed by atoms with E-state index >= 15 is 0 Å². The van der Waals surface area contributed by atoms with Crippen LogP contribution in [0.5, 0.6) is 0 Å². The first-order valence-electron chi connectivity index (χ1n) is 12.1. The Hall–Kier alpha value is -2.70. The van der Waals surface area contributed by atoms with Crippen molar-refractivity contribution in [3.63, 3.8) is 0 Å². The van der Waals surface area contributed by atoms with E-state index in [1.807, 2.05) is 60.7 Å². The zero-order valence-corrected chi connectivity index (χ0v) is 20.7. The van der Waals surface area contributed by atoms with E-state index in [1.165, 1.54) is 0 Å². The summed E-state index contributed by atoms with van der Waals surface area (Å²) in [5, 5.41) is 22.9. The Morgan fingerprint density at radius 3 is 1.50 bits per heavy atom. The van der Waals surface area contributed by atoms with Crippen molar-refractivity contribution >= 4 is 11.8 Å². The summed E-state index contributed by atoms with van der Waals surface area (Å²) >= 11 is 0. The van der Waals surface area contributed by atoms with Crippen molar-refractivity contribution in [2.75, 3.05) is 0 Å². The van der Waals surface area contributed by atoms with E-state index in [1.54, 1.807) is 32.6 Å². The van der Waals surface area contributed by atoms with Crippen LogP contribution in [0.1, 0.15) is 83.0 Å². The van der Waals surface area contributed by atoms with Gasteiger partial charge in [-0.1, -0.05) is 79.9 Å². The minimum absolute atomic E-state index is 0.360. The van der Waals surface area contributed by atoms with Crippen molar-refractivity contribution in [2.24, 2.45) is 11.1 Å². The second-order valence-corrected chi connectivity index (χ2v) is 10.7. The number of aliphatic hydroxyl groups is 2. The highest BCUT2D eigenvalue weighted by Crippen LogP contribution is 2.47. The molecule has 6 nitrogen and oxygen atoms in total. The van der Waals surface area contributed by atoms with Crippen LogP contribution in [0.2, 0.25) is 0 Å². The molecule has 0 bridgehead atoms. The number of rotatable bonds is 8. The summed E-state index contributed by atoms with van der Waals surface area (Å²) in [6, 6.07) is 16.9. The van der Waals surface area contributed by atoms with Gasteiger partial charge in [0.1, 0.15) is 5.41 Å². The number of benzene rings is 2. The molecule has 0 aromatic heterocycles. The van der Waals surface area contributed by atoms with Crippen LogP contribution in [0.4, 0.5) is 0 Å². The number of nitrogens with two attached hydrogens (primary N) is 1. The third-order valence-corrected chi connectivity index (χ3v) is 6.95. The molecule has 3 rings (SSSR count). The fraction of sp³-hybridized carbons (Fsp3) is 0.500. The van der Waals surface area contributed by atoms with Gasteiger partial charge >= 0.3 is 0 Å². The standard InChI is InChI=1S/C28H38N2O4/c1-26(2,33)22(20-14-8-5-9-15-20)30(23(27(3,4)34)21-16-10-6-11-17-21)25(32)28(24(29)31)18-12-7-13-19-28/h5-6,8-11,14-17,22-23,33-34H,7,12-13,18-19H2,1-4H3,(H2,29,31). The van der Waals surface area contributed by atoms with Gasteiger partial charge in [0.2, 0.25) is 11.8 Å². The topological polar surface area (TPSA) is 104 Å². The molecule has 2 amide bonds. The van der Waals surface area contributed by atoms with E-state index in [9.17, 15) is 19.8 Å². The molecule has 2 atom stereocenters. The third kappa shape index (κ3) is 5.18. The summed E-state index contributed by atoms with van der Waals surface area (Å²) in [6.45, 7) is 6.59. The Bertz CT molecular complexity index is 913. The predicted molar refractivity (Wildman–Crippen MR) is 133 cm³/mol. The molecule has 0 aliphatic heterocycles. The van der Waals surface area contributed by atoms with E-state index in [0.717, 1.165) is 19.3 Å². The summed E-state index contributed by atoms with van der Waals surface area (Å²) in [6.07, 6.45) is 3.10. The molecule has 1 saturated carbocycles. The van der Waals surface area contributed by atoms with Gasteiger partial charge in [-0.05, 0) is 51.7 Å². The lowest BCUT2D eigenvalue weighted by atomic mass is 9.70. The summed E-state index contributed by atoms with van der Waals surface area (Å²) in [4.78, 5) is 29.0. The van der Waals surface area contributed by atoms with Crippen LogP contribution in [0, 0.1) is 5.41 Å². The summed E-state index contributed by atoms with van der Waals surface area (Å²) < 4.78 is 0. The Labute approximate surface area is 202 Å². The maximum absolute atomic E-state index is 14.6. The van der Waals surface area contributed by atoms with Crippen LogP contribution >= 0.6 is 0 Å². The number of amides is 2. The highest BCUT2D eigenvalue weighted by Gasteiger charge is 2.54. The molecule has 1 aliphatic rings. The smallest absolute Gasteiger partial charge is 0.239 e. The lowest BCUT2D eigenvalue weighted by Gasteiger charge is -2.50. The second kappa shape index (κ2) is 9.88. The minimum Gasteiger partial charge on any atom is -0.388 e. The zero-order chi connectivity index (χ0) is 25.1. The molecule has 34 heavy (non-hydrogen) atoms. The van der Waals surface area contributed by atoms with Crippen molar-refractivity contribution in [1.82, 2.24) is 4.90 Å². The molecule has 2 unspecified atom stereocenters. The Morgan fingerprint density at radius 2 is 1.18 bits per heavy atom. The average molecular weight is 467 g/mol. The van der Waals surface area contributed by atoms with E-state index in [-0.39, 0.29) is 0 Å². The first kappa shape index (κ1) is 25.9. The fourth-order valence-electron chi connectivity index (χ4n) is 5.44. The van der Waals surface area contributed by atoms with Gasteiger partial charge in [-0.15, -0.1) is 0 Å². The van der Waals surface area contributed by atoms with Crippen molar-refractivity contribution in [1.29, 1.82) is 0 Å². The highest BCUT2D eigenvalue weighted by molar-refractivity contribution is 6.04. The van der Waals surface area contributed by atoms with E-state index < -0.39 is 40.5 Å². The van der Waals surface area contributed by atoms with Gasteiger partial charge in [0.25, 0.3) is 0 Å². The van der Waals surface area contributed by atoms with Crippen molar-refractivity contribution in [3.8, 4) is 0 Å². The van der Waals surface area contributed by atoms with E-state index in [0.29, 0.717) is 24.0 Å². The Kier molecular flexibility index (Phi) is 7.53. The second-order valence-electron chi connectivity index (χ2n) is 10.7. The molecule has 4 N–H and O–H groups in total. The molecular weight excluding hydrogens is 428 g/mol. The van der Waals surface area contributed by atoms with Gasteiger partial charge < -0.3 is 20.8 Å². The maximum atomic E-state index is 14.6. The minimum atomic E-state index is -1.39.